The van der Waals surface area contributed by atoms with Crippen LogP contribution >= 0.6 is 0 Å². The molecular weight excluding hydrogens is 200 g/mol. The van der Waals surface area contributed by atoms with Gasteiger partial charge in [-0.05, 0) is 38.0 Å². The molecule has 4 unspecified atom stereocenters. The van der Waals surface area contributed by atoms with E-state index in [0.717, 1.165) is 38.1 Å². The average molecular weight is 224 g/mol. The molecule has 0 aromatic carbocycles. The van der Waals surface area contributed by atoms with Gasteiger partial charge in [0.05, 0.1) is 12.7 Å². The third kappa shape index (κ3) is 1.52. The first-order chi connectivity index (χ1) is 7.74. The molecule has 0 aromatic rings. The van der Waals surface area contributed by atoms with Gasteiger partial charge in [-0.3, -0.25) is 4.90 Å². The van der Waals surface area contributed by atoms with Crippen molar-refractivity contribution in [3.63, 3.8) is 0 Å². The van der Waals surface area contributed by atoms with Gasteiger partial charge in [0.2, 0.25) is 0 Å². The van der Waals surface area contributed by atoms with Gasteiger partial charge in [-0.1, -0.05) is 6.42 Å². The summed E-state index contributed by atoms with van der Waals surface area (Å²) in [5.74, 6) is 1.83. The van der Waals surface area contributed by atoms with Crippen LogP contribution < -0.4 is 5.73 Å². The molecule has 2 N–H and O–H groups in total. The summed E-state index contributed by atoms with van der Waals surface area (Å²) in [6.45, 7) is 6.09. The van der Waals surface area contributed by atoms with Gasteiger partial charge >= 0.3 is 0 Å². The average Bonchev–Trinajstić information content (AvgIpc) is 2.89. The number of nitrogens with zero attached hydrogens (tertiary/aromatic N) is 1. The maximum absolute atomic E-state index is 6.15. The Morgan fingerprint density at radius 3 is 2.88 bits per heavy atom. The first-order valence-electron chi connectivity index (χ1n) is 6.81. The smallest absolute Gasteiger partial charge is 0.0674 e. The van der Waals surface area contributed by atoms with Crippen LogP contribution in [0.4, 0.5) is 0 Å². The van der Waals surface area contributed by atoms with E-state index in [1.165, 1.54) is 25.7 Å². The summed E-state index contributed by atoms with van der Waals surface area (Å²) in [7, 11) is 0. The topological polar surface area (TPSA) is 38.5 Å². The number of ether oxygens (including phenoxy) is 1. The largest absolute Gasteiger partial charge is 0.376 e. The lowest BCUT2D eigenvalue weighted by Gasteiger charge is -2.49. The fourth-order valence-electron chi connectivity index (χ4n) is 4.40. The molecule has 3 nitrogen and oxygen atoms in total. The molecule has 0 radical (unpaired) electrons. The van der Waals surface area contributed by atoms with Gasteiger partial charge in [0.15, 0.2) is 0 Å². The summed E-state index contributed by atoms with van der Waals surface area (Å²) in [5.41, 5.74) is 6.48. The first-order valence-corrected chi connectivity index (χ1v) is 6.81. The summed E-state index contributed by atoms with van der Waals surface area (Å²) in [6.07, 6.45) is 6.03. The summed E-state index contributed by atoms with van der Waals surface area (Å²) in [6, 6.07) is 0. The van der Waals surface area contributed by atoms with Gasteiger partial charge in [0, 0.05) is 25.2 Å². The summed E-state index contributed by atoms with van der Waals surface area (Å²) in [4.78, 5) is 2.66. The van der Waals surface area contributed by atoms with Crippen LogP contribution in [-0.4, -0.2) is 42.8 Å². The highest BCUT2D eigenvalue weighted by atomic mass is 16.5. The Bertz CT molecular complexity index is 271. The zero-order valence-corrected chi connectivity index (χ0v) is 10.3. The zero-order valence-electron chi connectivity index (χ0n) is 10.3. The van der Waals surface area contributed by atoms with E-state index in [9.17, 15) is 0 Å². The van der Waals surface area contributed by atoms with Gasteiger partial charge in [-0.2, -0.15) is 0 Å². The molecule has 0 amide bonds. The molecule has 3 fully saturated rings. The lowest BCUT2D eigenvalue weighted by molar-refractivity contribution is -0.0760. The molecule has 1 saturated heterocycles. The second-order valence-corrected chi connectivity index (χ2v) is 6.02. The highest BCUT2D eigenvalue weighted by Crippen LogP contribution is 2.53. The Kier molecular flexibility index (Phi) is 2.73. The van der Waals surface area contributed by atoms with E-state index in [-0.39, 0.29) is 0 Å². The number of rotatable bonds is 2. The van der Waals surface area contributed by atoms with Crippen molar-refractivity contribution >= 4 is 0 Å². The van der Waals surface area contributed by atoms with Gasteiger partial charge < -0.3 is 10.5 Å². The van der Waals surface area contributed by atoms with E-state index in [0.29, 0.717) is 11.6 Å². The van der Waals surface area contributed by atoms with Crippen molar-refractivity contribution in [1.29, 1.82) is 0 Å². The van der Waals surface area contributed by atoms with Crippen molar-refractivity contribution in [3.05, 3.63) is 0 Å². The van der Waals surface area contributed by atoms with Crippen LogP contribution in [0.3, 0.4) is 0 Å². The quantitative estimate of drug-likeness (QED) is 0.766. The van der Waals surface area contributed by atoms with Gasteiger partial charge in [0.1, 0.15) is 0 Å². The predicted molar refractivity (Wildman–Crippen MR) is 64.2 cm³/mol. The SMILES string of the molecule is CC1CN(C2(CN)CC3CCC2C3)CCO1. The standard InChI is InChI=1S/C13H24N2O/c1-10-8-15(4-5-16-10)13(9-14)7-11-2-3-12(13)6-11/h10-12H,2-9,14H2,1H3. The van der Waals surface area contributed by atoms with Crippen LogP contribution in [0, 0.1) is 11.8 Å². The molecule has 0 aromatic heterocycles. The molecule has 92 valence electrons. The molecule has 4 atom stereocenters. The predicted octanol–water partition coefficient (Wildman–Crippen LogP) is 1.22. The Morgan fingerprint density at radius 2 is 2.31 bits per heavy atom. The molecule has 1 aliphatic heterocycles. The summed E-state index contributed by atoms with van der Waals surface area (Å²) < 4.78 is 5.65. The molecule has 1 heterocycles. The van der Waals surface area contributed by atoms with E-state index in [4.69, 9.17) is 10.5 Å². The normalized spacial score (nSPS) is 48.8. The number of nitrogens with two attached hydrogens (primary N) is 1. The van der Waals surface area contributed by atoms with Crippen LogP contribution in [-0.2, 0) is 4.74 Å². The van der Waals surface area contributed by atoms with E-state index < -0.39 is 0 Å². The van der Waals surface area contributed by atoms with E-state index in [1.807, 2.05) is 0 Å². The number of hydrogen-bond donors (Lipinski definition) is 1. The van der Waals surface area contributed by atoms with Crippen LogP contribution in [0.1, 0.15) is 32.6 Å². The maximum Gasteiger partial charge on any atom is 0.0674 e. The van der Waals surface area contributed by atoms with Gasteiger partial charge in [-0.25, -0.2) is 0 Å². The molecule has 3 heteroatoms. The Labute approximate surface area is 98.3 Å². The minimum atomic E-state index is 0.334. The molecular formula is C13H24N2O. The van der Waals surface area contributed by atoms with Crippen LogP contribution in [0.25, 0.3) is 0 Å². The molecule has 2 saturated carbocycles. The van der Waals surface area contributed by atoms with Gasteiger partial charge in [0.25, 0.3) is 0 Å². The first kappa shape index (κ1) is 11.0. The fraction of sp³-hybridized carbons (Fsp3) is 1.00. The lowest BCUT2D eigenvalue weighted by atomic mass is 9.79. The number of fused-ring (bicyclic) bond motifs is 2. The fourth-order valence-corrected chi connectivity index (χ4v) is 4.40. The molecule has 3 aliphatic rings. The third-order valence-corrected chi connectivity index (χ3v) is 5.17. The van der Waals surface area contributed by atoms with Gasteiger partial charge in [-0.15, -0.1) is 0 Å². The van der Waals surface area contributed by atoms with Crippen molar-refractivity contribution in [2.45, 2.75) is 44.2 Å². The third-order valence-electron chi connectivity index (χ3n) is 5.17. The minimum absolute atomic E-state index is 0.334. The minimum Gasteiger partial charge on any atom is -0.376 e. The van der Waals surface area contributed by atoms with Crippen molar-refractivity contribution in [3.8, 4) is 0 Å². The Hall–Kier alpha value is -0.120. The van der Waals surface area contributed by atoms with Crippen molar-refractivity contribution in [2.24, 2.45) is 17.6 Å². The Balaban J connectivity index is 1.79. The van der Waals surface area contributed by atoms with Crippen molar-refractivity contribution in [1.82, 2.24) is 4.90 Å². The highest BCUT2D eigenvalue weighted by Gasteiger charge is 2.53. The van der Waals surface area contributed by atoms with E-state index >= 15 is 0 Å². The monoisotopic (exact) mass is 224 g/mol. The second kappa shape index (κ2) is 3.97. The number of morpholine rings is 1. The highest BCUT2D eigenvalue weighted by molar-refractivity contribution is 5.08. The summed E-state index contributed by atoms with van der Waals surface area (Å²) in [5, 5.41) is 0. The molecule has 2 aliphatic carbocycles. The molecule has 3 rings (SSSR count). The molecule has 2 bridgehead atoms. The van der Waals surface area contributed by atoms with Crippen LogP contribution in [0.5, 0.6) is 0 Å². The lowest BCUT2D eigenvalue weighted by Crippen LogP contribution is -2.61. The van der Waals surface area contributed by atoms with Crippen molar-refractivity contribution in [2.75, 3.05) is 26.2 Å². The molecule has 0 spiro atoms. The maximum atomic E-state index is 6.15. The number of hydrogen-bond acceptors (Lipinski definition) is 3. The van der Waals surface area contributed by atoms with E-state index in [2.05, 4.69) is 11.8 Å². The second-order valence-electron chi connectivity index (χ2n) is 6.02. The summed E-state index contributed by atoms with van der Waals surface area (Å²) >= 11 is 0. The molecule has 16 heavy (non-hydrogen) atoms. The van der Waals surface area contributed by atoms with E-state index in [1.54, 1.807) is 0 Å². The van der Waals surface area contributed by atoms with Crippen LogP contribution in [0.2, 0.25) is 0 Å². The Morgan fingerprint density at radius 1 is 1.44 bits per heavy atom. The van der Waals surface area contributed by atoms with Crippen LogP contribution in [0.15, 0.2) is 0 Å². The zero-order chi connectivity index (χ0) is 11.2. The van der Waals surface area contributed by atoms with Crippen molar-refractivity contribution < 1.29 is 4.74 Å².